The van der Waals surface area contributed by atoms with Gasteiger partial charge in [-0.15, -0.1) is 0 Å². The van der Waals surface area contributed by atoms with Crippen LogP contribution in [0.2, 0.25) is 0 Å². The number of furan rings is 1. The van der Waals surface area contributed by atoms with Crippen LogP contribution in [0.15, 0.2) is 47.0 Å². The number of amides is 1. The smallest absolute Gasteiger partial charge is 0.248 e. The molecule has 1 aromatic carbocycles. The third-order valence-electron chi connectivity index (χ3n) is 3.43. The number of fused-ring (bicyclic) bond motifs is 1. The number of nitrogens with zero attached hydrogens (tertiary/aromatic N) is 2. The van der Waals surface area contributed by atoms with E-state index in [-0.39, 0.29) is 17.5 Å². The molecule has 2 aromatic heterocycles. The number of nitrogens with one attached hydrogen (secondary N) is 1. The van der Waals surface area contributed by atoms with Crippen molar-refractivity contribution in [3.8, 4) is 0 Å². The summed E-state index contributed by atoms with van der Waals surface area (Å²) in [5.41, 5.74) is 1.75. The van der Waals surface area contributed by atoms with Gasteiger partial charge < -0.3 is 9.73 Å². The van der Waals surface area contributed by atoms with Crippen molar-refractivity contribution in [2.75, 3.05) is 5.32 Å². The number of hydrogen-bond acceptors (Lipinski definition) is 4. The van der Waals surface area contributed by atoms with Crippen LogP contribution in [0.4, 0.5) is 5.69 Å². The number of aromatic nitrogens is 2. The molecule has 23 heavy (non-hydrogen) atoms. The van der Waals surface area contributed by atoms with Crippen LogP contribution >= 0.6 is 0 Å². The Kier molecular flexibility index (Phi) is 3.80. The molecule has 116 valence electrons. The average Bonchev–Trinajstić information content (AvgIpc) is 3.09. The zero-order valence-electron chi connectivity index (χ0n) is 12.7. The summed E-state index contributed by atoms with van der Waals surface area (Å²) in [6.07, 6.45) is 4.69. The van der Waals surface area contributed by atoms with E-state index in [4.69, 9.17) is 4.42 Å². The van der Waals surface area contributed by atoms with Crippen molar-refractivity contribution in [3.05, 3.63) is 54.1 Å². The van der Waals surface area contributed by atoms with Crippen molar-refractivity contribution in [1.82, 2.24) is 9.78 Å². The first-order valence-electron chi connectivity index (χ1n) is 7.06. The molecule has 6 nitrogen and oxygen atoms in total. The van der Waals surface area contributed by atoms with E-state index < -0.39 is 0 Å². The molecular weight excluding hydrogens is 294 g/mol. The van der Waals surface area contributed by atoms with E-state index in [1.54, 1.807) is 42.2 Å². The molecule has 1 amide bonds. The fraction of sp³-hybridized carbons (Fsp3) is 0.118. The molecule has 1 N–H and O–H groups in total. The van der Waals surface area contributed by atoms with E-state index in [9.17, 15) is 9.59 Å². The van der Waals surface area contributed by atoms with E-state index >= 15 is 0 Å². The molecule has 6 heteroatoms. The van der Waals surface area contributed by atoms with Gasteiger partial charge in [-0.2, -0.15) is 5.10 Å². The number of carbonyl (C=O) groups is 2. The number of anilines is 1. The summed E-state index contributed by atoms with van der Waals surface area (Å²) in [7, 11) is 1.79. The van der Waals surface area contributed by atoms with Gasteiger partial charge in [-0.1, -0.05) is 12.1 Å². The van der Waals surface area contributed by atoms with E-state index in [0.717, 1.165) is 5.69 Å². The van der Waals surface area contributed by atoms with Gasteiger partial charge in [0.25, 0.3) is 0 Å². The van der Waals surface area contributed by atoms with Gasteiger partial charge in [0.2, 0.25) is 5.91 Å². The first-order chi connectivity index (χ1) is 11.1. The normalized spacial score (nSPS) is 11.2. The number of ketones is 1. The summed E-state index contributed by atoms with van der Waals surface area (Å²) >= 11 is 0. The number of Topliss-reactive ketones (excluding diaryl/α,β-unsaturated/α-hetero) is 1. The molecule has 0 saturated carbocycles. The Bertz CT molecular complexity index is 918. The van der Waals surface area contributed by atoms with Gasteiger partial charge in [-0.25, -0.2) is 0 Å². The van der Waals surface area contributed by atoms with E-state index in [2.05, 4.69) is 10.4 Å². The molecular formula is C17H15N3O3. The van der Waals surface area contributed by atoms with Gasteiger partial charge in [-0.05, 0) is 24.3 Å². The second-order valence-electron chi connectivity index (χ2n) is 5.06. The lowest BCUT2D eigenvalue weighted by molar-refractivity contribution is -0.111. The highest BCUT2D eigenvalue weighted by Crippen LogP contribution is 2.31. The Morgan fingerprint density at radius 2 is 2.04 bits per heavy atom. The molecule has 0 saturated heterocycles. The second kappa shape index (κ2) is 5.92. The molecule has 0 bridgehead atoms. The molecule has 0 aliphatic heterocycles. The SMILES string of the molecule is CC(=O)c1oc2ccccc2c1NC(=O)C=Cc1ccnn1C. The Hall–Kier alpha value is -3.15. The van der Waals surface area contributed by atoms with Crippen molar-refractivity contribution in [3.63, 3.8) is 0 Å². The minimum atomic E-state index is -0.347. The second-order valence-corrected chi connectivity index (χ2v) is 5.06. The van der Waals surface area contributed by atoms with Crippen LogP contribution in [-0.2, 0) is 11.8 Å². The van der Waals surface area contributed by atoms with E-state index in [1.165, 1.54) is 13.0 Å². The monoisotopic (exact) mass is 309 g/mol. The predicted molar refractivity (Wildman–Crippen MR) is 87.1 cm³/mol. The highest BCUT2D eigenvalue weighted by Gasteiger charge is 2.18. The van der Waals surface area contributed by atoms with Gasteiger partial charge >= 0.3 is 0 Å². The molecule has 0 aliphatic rings. The van der Waals surface area contributed by atoms with Crippen LogP contribution < -0.4 is 5.32 Å². The lowest BCUT2D eigenvalue weighted by Crippen LogP contribution is -2.10. The van der Waals surface area contributed by atoms with Crippen molar-refractivity contribution in [1.29, 1.82) is 0 Å². The maximum absolute atomic E-state index is 12.2. The predicted octanol–water partition coefficient (Wildman–Crippen LogP) is 3.02. The van der Waals surface area contributed by atoms with Crippen molar-refractivity contribution < 1.29 is 14.0 Å². The third kappa shape index (κ3) is 2.91. The minimum absolute atomic E-state index is 0.147. The molecule has 0 spiro atoms. The first kappa shape index (κ1) is 14.8. The fourth-order valence-electron chi connectivity index (χ4n) is 2.29. The summed E-state index contributed by atoms with van der Waals surface area (Å²) < 4.78 is 7.18. The first-order valence-corrected chi connectivity index (χ1v) is 7.06. The zero-order chi connectivity index (χ0) is 16.4. The highest BCUT2D eigenvalue weighted by molar-refractivity contribution is 6.13. The van der Waals surface area contributed by atoms with Crippen molar-refractivity contribution in [2.45, 2.75) is 6.92 Å². The molecule has 0 unspecified atom stereocenters. The molecule has 0 fully saturated rings. The van der Waals surface area contributed by atoms with Gasteiger partial charge in [-0.3, -0.25) is 14.3 Å². The van der Waals surface area contributed by atoms with Gasteiger partial charge in [0.15, 0.2) is 11.5 Å². The summed E-state index contributed by atoms with van der Waals surface area (Å²) in [5, 5.41) is 7.44. The number of para-hydroxylation sites is 1. The quantitative estimate of drug-likeness (QED) is 0.593. The maximum Gasteiger partial charge on any atom is 0.248 e. The number of benzene rings is 1. The molecule has 0 aliphatic carbocycles. The molecule has 0 atom stereocenters. The fourth-order valence-corrected chi connectivity index (χ4v) is 2.29. The standard InChI is InChI=1S/C17H15N3O3/c1-11(21)17-16(13-5-3-4-6-14(13)23-17)19-15(22)8-7-12-9-10-18-20(12)2/h3-10H,1-2H3,(H,19,22). The minimum Gasteiger partial charge on any atom is -0.451 e. The zero-order valence-corrected chi connectivity index (χ0v) is 12.7. The number of carbonyl (C=O) groups excluding carboxylic acids is 2. The molecule has 3 rings (SSSR count). The Labute approximate surface area is 132 Å². The number of hydrogen-bond donors (Lipinski definition) is 1. The summed E-state index contributed by atoms with van der Waals surface area (Å²) in [6, 6.07) is 8.97. The van der Waals surface area contributed by atoms with Crippen LogP contribution in [0.5, 0.6) is 0 Å². The average molecular weight is 309 g/mol. The molecule has 0 radical (unpaired) electrons. The van der Waals surface area contributed by atoms with Crippen LogP contribution in [0.1, 0.15) is 23.2 Å². The summed E-state index contributed by atoms with van der Waals surface area (Å²) in [6.45, 7) is 1.40. The van der Waals surface area contributed by atoms with Gasteiger partial charge in [0.05, 0.1) is 11.4 Å². The Morgan fingerprint density at radius 3 is 2.74 bits per heavy atom. The molecule has 3 aromatic rings. The number of rotatable bonds is 4. The van der Waals surface area contributed by atoms with Crippen LogP contribution in [0, 0.1) is 0 Å². The molecule has 2 heterocycles. The lowest BCUT2D eigenvalue weighted by atomic mass is 10.2. The van der Waals surface area contributed by atoms with Gasteiger partial charge in [0.1, 0.15) is 5.58 Å². The summed E-state index contributed by atoms with van der Waals surface area (Å²) in [4.78, 5) is 23.9. The van der Waals surface area contributed by atoms with E-state index in [1.807, 2.05) is 12.1 Å². The topological polar surface area (TPSA) is 77.1 Å². The van der Waals surface area contributed by atoms with Crippen molar-refractivity contribution >= 4 is 34.4 Å². The highest BCUT2D eigenvalue weighted by atomic mass is 16.3. The Balaban J connectivity index is 1.90. The Morgan fingerprint density at radius 1 is 1.26 bits per heavy atom. The van der Waals surface area contributed by atoms with Crippen LogP contribution in [-0.4, -0.2) is 21.5 Å². The lowest BCUT2D eigenvalue weighted by Gasteiger charge is -2.01. The van der Waals surface area contributed by atoms with E-state index in [0.29, 0.717) is 16.7 Å². The van der Waals surface area contributed by atoms with Crippen LogP contribution in [0.3, 0.4) is 0 Å². The van der Waals surface area contributed by atoms with Gasteiger partial charge in [0, 0.05) is 31.6 Å². The third-order valence-corrected chi connectivity index (χ3v) is 3.43. The number of aryl methyl sites for hydroxylation is 1. The van der Waals surface area contributed by atoms with Crippen molar-refractivity contribution in [2.24, 2.45) is 7.05 Å². The van der Waals surface area contributed by atoms with Crippen LogP contribution in [0.25, 0.3) is 17.0 Å². The maximum atomic E-state index is 12.2. The largest absolute Gasteiger partial charge is 0.451 e. The summed E-state index contributed by atoms with van der Waals surface area (Å²) in [5.74, 6) is -0.444.